The molecule has 0 saturated carbocycles. The molecule has 0 amide bonds. The van der Waals surface area contributed by atoms with E-state index >= 15 is 0 Å². The van der Waals surface area contributed by atoms with Gasteiger partial charge in [0, 0.05) is 32.9 Å². The highest BCUT2D eigenvalue weighted by atomic mass is 16.5. The zero-order chi connectivity index (χ0) is 10.4. The summed E-state index contributed by atoms with van der Waals surface area (Å²) >= 11 is 0. The average molecular weight is 199 g/mol. The Hall–Kier alpha value is -0.940. The Morgan fingerprint density at radius 1 is 1.64 bits per heavy atom. The van der Waals surface area contributed by atoms with E-state index in [1.807, 2.05) is 20.2 Å². The van der Waals surface area contributed by atoms with Crippen LogP contribution < -0.4 is 0 Å². The minimum Gasteiger partial charge on any atom is -0.393 e. The van der Waals surface area contributed by atoms with E-state index in [1.165, 1.54) is 0 Å². The van der Waals surface area contributed by atoms with E-state index in [0.29, 0.717) is 26.1 Å². The van der Waals surface area contributed by atoms with Crippen molar-refractivity contribution in [3.8, 4) is 0 Å². The molecule has 0 saturated heterocycles. The molecule has 0 spiro atoms. The summed E-state index contributed by atoms with van der Waals surface area (Å²) in [6.07, 6.45) is 2.60. The molecular formula is C9H17N3O2. The molecule has 1 aromatic heterocycles. The molecule has 1 unspecified atom stereocenters. The minimum absolute atomic E-state index is 0.391. The molecule has 0 aliphatic carbocycles. The van der Waals surface area contributed by atoms with Crippen LogP contribution in [0.2, 0.25) is 0 Å². The van der Waals surface area contributed by atoms with Gasteiger partial charge in [0.25, 0.3) is 0 Å². The molecule has 0 aromatic carbocycles. The highest BCUT2D eigenvalue weighted by Gasteiger charge is 2.07. The summed E-state index contributed by atoms with van der Waals surface area (Å²) in [5.74, 6) is 0. The van der Waals surface area contributed by atoms with Crippen LogP contribution in [0.3, 0.4) is 0 Å². The normalized spacial score (nSPS) is 13.1. The zero-order valence-corrected chi connectivity index (χ0v) is 8.68. The Kier molecular flexibility index (Phi) is 4.55. The van der Waals surface area contributed by atoms with Crippen LogP contribution in [0.4, 0.5) is 0 Å². The molecular weight excluding hydrogens is 182 g/mol. The molecule has 1 aromatic rings. The Bertz CT molecular complexity index is 262. The highest BCUT2D eigenvalue weighted by Crippen LogP contribution is 2.01. The largest absolute Gasteiger partial charge is 0.393 e. The first-order valence-corrected chi connectivity index (χ1v) is 4.83. The Balaban J connectivity index is 2.23. The maximum Gasteiger partial charge on any atom is 0.0852 e. The van der Waals surface area contributed by atoms with Crippen LogP contribution >= 0.6 is 0 Å². The van der Waals surface area contributed by atoms with Crippen LogP contribution in [0, 0.1) is 0 Å². The van der Waals surface area contributed by atoms with Crippen molar-refractivity contribution in [2.24, 2.45) is 7.05 Å². The van der Waals surface area contributed by atoms with Gasteiger partial charge in [0.05, 0.1) is 11.8 Å². The summed E-state index contributed by atoms with van der Waals surface area (Å²) in [5.41, 5.74) is 0.816. The van der Waals surface area contributed by atoms with Crippen LogP contribution in [0.5, 0.6) is 0 Å². The van der Waals surface area contributed by atoms with Crippen molar-refractivity contribution < 1.29 is 9.84 Å². The minimum atomic E-state index is -0.391. The molecule has 5 heteroatoms. The lowest BCUT2D eigenvalue weighted by molar-refractivity contribution is 0.0882. The van der Waals surface area contributed by atoms with Gasteiger partial charge in [0.15, 0.2) is 0 Å². The van der Waals surface area contributed by atoms with Crippen LogP contribution in [-0.4, -0.2) is 39.4 Å². The van der Waals surface area contributed by atoms with Gasteiger partial charge < -0.3 is 9.84 Å². The summed E-state index contributed by atoms with van der Waals surface area (Å²) in [6, 6.07) is 0. The number of aliphatic hydroxyl groups is 1. The van der Waals surface area contributed by atoms with E-state index in [4.69, 9.17) is 4.74 Å². The number of aromatic nitrogens is 3. The highest BCUT2D eigenvalue weighted by molar-refractivity contribution is 4.93. The summed E-state index contributed by atoms with van der Waals surface area (Å²) in [6.45, 7) is 3.23. The third-order valence-electron chi connectivity index (χ3n) is 1.89. The Morgan fingerprint density at radius 3 is 3.00 bits per heavy atom. The zero-order valence-electron chi connectivity index (χ0n) is 8.68. The van der Waals surface area contributed by atoms with Gasteiger partial charge >= 0.3 is 0 Å². The molecule has 80 valence electrons. The fraction of sp³-hybridized carbons (Fsp3) is 0.778. The average Bonchev–Trinajstić information content (AvgIpc) is 2.52. The summed E-state index contributed by atoms with van der Waals surface area (Å²) in [7, 11) is 1.81. The third kappa shape index (κ3) is 3.85. The van der Waals surface area contributed by atoms with Crippen molar-refractivity contribution in [2.75, 3.05) is 13.2 Å². The molecule has 0 aliphatic heterocycles. The number of hydrogen-bond donors (Lipinski definition) is 1. The second-order valence-electron chi connectivity index (χ2n) is 3.23. The van der Waals surface area contributed by atoms with E-state index in [-0.39, 0.29) is 0 Å². The first-order valence-electron chi connectivity index (χ1n) is 4.83. The van der Waals surface area contributed by atoms with Crippen molar-refractivity contribution in [1.82, 2.24) is 15.0 Å². The lowest BCUT2D eigenvalue weighted by Gasteiger charge is -2.07. The van der Waals surface area contributed by atoms with Gasteiger partial charge in [-0.2, -0.15) is 0 Å². The van der Waals surface area contributed by atoms with Gasteiger partial charge in [-0.15, -0.1) is 5.10 Å². The van der Waals surface area contributed by atoms with E-state index in [9.17, 15) is 5.11 Å². The van der Waals surface area contributed by atoms with Crippen LogP contribution in [0.15, 0.2) is 6.20 Å². The molecule has 1 N–H and O–H groups in total. The molecule has 5 nitrogen and oxygen atoms in total. The van der Waals surface area contributed by atoms with E-state index < -0.39 is 6.10 Å². The Morgan fingerprint density at radius 2 is 2.43 bits per heavy atom. The predicted octanol–water partition coefficient (Wildman–Crippen LogP) is 0.145. The van der Waals surface area contributed by atoms with Crippen molar-refractivity contribution in [3.63, 3.8) is 0 Å². The molecule has 0 radical (unpaired) electrons. The van der Waals surface area contributed by atoms with Crippen molar-refractivity contribution >= 4 is 0 Å². The first-order chi connectivity index (χ1) is 6.72. The lowest BCUT2D eigenvalue weighted by atomic mass is 10.1. The maximum absolute atomic E-state index is 9.58. The smallest absolute Gasteiger partial charge is 0.0852 e. The number of rotatable bonds is 6. The first kappa shape index (κ1) is 11.1. The third-order valence-corrected chi connectivity index (χ3v) is 1.89. The second-order valence-corrected chi connectivity index (χ2v) is 3.23. The number of aryl methyl sites for hydroxylation is 1. The standard InChI is InChI=1S/C9H17N3O2/c1-3-14-5-4-9(13)6-8-7-12(2)11-10-8/h7,9,13H,3-6H2,1-2H3. The van der Waals surface area contributed by atoms with E-state index in [1.54, 1.807) is 4.68 Å². The molecule has 1 heterocycles. The summed E-state index contributed by atoms with van der Waals surface area (Å²) in [5, 5.41) is 17.3. The molecule has 0 fully saturated rings. The Labute approximate surface area is 83.7 Å². The topological polar surface area (TPSA) is 60.2 Å². The number of aliphatic hydroxyl groups excluding tert-OH is 1. The fourth-order valence-electron chi connectivity index (χ4n) is 1.20. The quantitative estimate of drug-likeness (QED) is 0.662. The van der Waals surface area contributed by atoms with Gasteiger partial charge in [-0.1, -0.05) is 5.21 Å². The van der Waals surface area contributed by atoms with E-state index in [2.05, 4.69) is 10.3 Å². The summed E-state index contributed by atoms with van der Waals surface area (Å²) < 4.78 is 6.78. The van der Waals surface area contributed by atoms with Gasteiger partial charge in [-0.05, 0) is 13.3 Å². The number of nitrogens with zero attached hydrogens (tertiary/aromatic N) is 3. The van der Waals surface area contributed by atoms with E-state index in [0.717, 1.165) is 5.69 Å². The molecule has 0 aliphatic rings. The molecule has 0 bridgehead atoms. The van der Waals surface area contributed by atoms with Gasteiger partial charge in [-0.3, -0.25) is 4.68 Å². The second kappa shape index (κ2) is 5.72. The van der Waals surface area contributed by atoms with Crippen molar-refractivity contribution in [1.29, 1.82) is 0 Å². The fourth-order valence-corrected chi connectivity index (χ4v) is 1.20. The van der Waals surface area contributed by atoms with Gasteiger partial charge in [0.1, 0.15) is 0 Å². The summed E-state index contributed by atoms with van der Waals surface area (Å²) in [4.78, 5) is 0. The van der Waals surface area contributed by atoms with Gasteiger partial charge in [0.2, 0.25) is 0 Å². The SMILES string of the molecule is CCOCCC(O)Cc1cn(C)nn1. The van der Waals surface area contributed by atoms with Crippen molar-refractivity contribution in [2.45, 2.75) is 25.9 Å². The van der Waals surface area contributed by atoms with Crippen molar-refractivity contribution in [3.05, 3.63) is 11.9 Å². The predicted molar refractivity (Wildman–Crippen MR) is 51.8 cm³/mol. The molecule has 14 heavy (non-hydrogen) atoms. The monoisotopic (exact) mass is 199 g/mol. The number of ether oxygens (including phenoxy) is 1. The van der Waals surface area contributed by atoms with Crippen LogP contribution in [0.1, 0.15) is 19.0 Å². The van der Waals surface area contributed by atoms with Crippen LogP contribution in [0.25, 0.3) is 0 Å². The van der Waals surface area contributed by atoms with Crippen LogP contribution in [-0.2, 0) is 18.2 Å². The van der Waals surface area contributed by atoms with Gasteiger partial charge in [-0.25, -0.2) is 0 Å². The molecule has 1 atom stereocenters. The lowest BCUT2D eigenvalue weighted by Crippen LogP contribution is -2.13. The number of hydrogen-bond acceptors (Lipinski definition) is 4. The maximum atomic E-state index is 9.58. The molecule has 1 rings (SSSR count).